The molecule has 2 aliphatic rings. The van der Waals surface area contributed by atoms with Gasteiger partial charge < -0.3 is 69.5 Å². The molecule has 4 N–H and O–H groups in total. The number of hydrogen-bond acceptors (Lipinski definition) is 16. The zero-order valence-corrected chi connectivity index (χ0v) is 49.4. The third-order valence-corrected chi connectivity index (χ3v) is 14.0. The van der Waals surface area contributed by atoms with Crippen molar-refractivity contribution in [3.63, 3.8) is 0 Å². The van der Waals surface area contributed by atoms with Gasteiger partial charge in [-0.25, -0.2) is 17.6 Å². The number of benzene rings is 6. The Bertz CT molecular complexity index is 3680. The summed E-state index contributed by atoms with van der Waals surface area (Å²) >= 11 is 0. The van der Waals surface area contributed by atoms with Crippen LogP contribution in [0.4, 0.5) is 40.3 Å². The summed E-state index contributed by atoms with van der Waals surface area (Å²) in [6, 6.07) is 27.9. The standard InChI is InChI=1S/2C32H29F2N3O7.Mg/c2*1-2-42-27-17-22-24(18-28(27)43-15-3-4-29(38)39)35-14-11-25(22)44-26-10-9-21(16-23(26)34)37-31(41)32(12-13-32)30(40)36-20-7-5-19(33)6-8-20;/h2*5-11,14,16-18H,2-4,12-13,15H2,1H3,(H,36,40)(H,37,41)(H,38,39);/q;;+2/p-2. The summed E-state index contributed by atoms with van der Waals surface area (Å²) in [5.41, 5.74) is -0.667. The largest absolute Gasteiger partial charge is 2.00 e. The van der Waals surface area contributed by atoms with Crippen LogP contribution in [0.15, 0.2) is 134 Å². The maximum atomic E-state index is 15.2. The summed E-state index contributed by atoms with van der Waals surface area (Å²) in [5, 5.41) is 32.8. The minimum Gasteiger partial charge on any atom is -0.550 e. The van der Waals surface area contributed by atoms with E-state index >= 15 is 8.78 Å². The molecule has 6 aromatic carbocycles. The Hall–Kier alpha value is -9.75. The van der Waals surface area contributed by atoms with Crippen LogP contribution in [-0.2, 0) is 28.8 Å². The SMILES string of the molecule is CCOc1cc2c(Oc3ccc(NC(=O)C4(C(=O)Nc5ccc(F)cc5)CC4)cc3F)ccnc2cc1OCCCC(=O)[O-].CCOc1cc2c(Oc3ccc(NC(=O)C4(C(=O)Nc5ccc(F)cc5)CC4)cc3F)ccnc2cc1OCCCC(=O)[O-].[Mg+2]. The predicted molar refractivity (Wildman–Crippen MR) is 315 cm³/mol. The predicted octanol–water partition coefficient (Wildman–Crippen LogP) is 9.56. The van der Waals surface area contributed by atoms with Gasteiger partial charge in [-0.3, -0.25) is 29.1 Å². The molecule has 456 valence electrons. The molecule has 2 heterocycles. The van der Waals surface area contributed by atoms with E-state index in [2.05, 4.69) is 31.2 Å². The van der Waals surface area contributed by atoms with Gasteiger partial charge >= 0.3 is 23.1 Å². The fourth-order valence-corrected chi connectivity index (χ4v) is 8.99. The first-order chi connectivity index (χ1) is 42.4. The number of anilines is 4. The molecule has 2 aliphatic carbocycles. The van der Waals surface area contributed by atoms with E-state index < -0.39 is 69.7 Å². The normalized spacial score (nSPS) is 13.0. The van der Waals surface area contributed by atoms with Gasteiger partial charge in [-0.05, 0) is 162 Å². The summed E-state index contributed by atoms with van der Waals surface area (Å²) in [7, 11) is 0. The Labute approximate surface area is 522 Å². The summed E-state index contributed by atoms with van der Waals surface area (Å²) in [6.07, 6.45) is 4.46. The van der Waals surface area contributed by atoms with E-state index in [0.717, 1.165) is 12.1 Å². The number of hydrogen-bond donors (Lipinski definition) is 4. The fourth-order valence-electron chi connectivity index (χ4n) is 8.99. The molecule has 2 aromatic heterocycles. The van der Waals surface area contributed by atoms with Gasteiger partial charge in [0.25, 0.3) is 0 Å². The van der Waals surface area contributed by atoms with Crippen LogP contribution in [0, 0.1) is 34.1 Å². The average Bonchev–Trinajstić information content (AvgIpc) is 1.97. The number of amides is 4. The molecule has 2 fully saturated rings. The van der Waals surface area contributed by atoms with Crippen LogP contribution < -0.4 is 59.9 Å². The quantitative estimate of drug-likeness (QED) is 0.0170. The Balaban J connectivity index is 0.000000228. The number of carboxylic acid groups (broad SMARTS) is 2. The van der Waals surface area contributed by atoms with E-state index in [4.69, 9.17) is 28.4 Å². The van der Waals surface area contributed by atoms with E-state index in [9.17, 15) is 47.8 Å². The van der Waals surface area contributed by atoms with Crippen LogP contribution in [0.2, 0.25) is 0 Å². The number of pyridine rings is 2. The molecule has 0 bridgehead atoms. The van der Waals surface area contributed by atoms with Crippen molar-refractivity contribution < 1.29 is 85.0 Å². The molecular formula is C64H56F4MgN6O14. The number of nitrogens with one attached hydrogen (secondary N) is 4. The van der Waals surface area contributed by atoms with Crippen LogP contribution in [0.5, 0.6) is 46.0 Å². The minimum absolute atomic E-state index is 0. The van der Waals surface area contributed by atoms with Crippen LogP contribution in [0.3, 0.4) is 0 Å². The molecule has 0 radical (unpaired) electrons. The van der Waals surface area contributed by atoms with Gasteiger partial charge in [0.2, 0.25) is 23.6 Å². The Kier molecular flexibility index (Phi) is 21.5. The van der Waals surface area contributed by atoms with Crippen molar-refractivity contribution in [3.8, 4) is 46.0 Å². The van der Waals surface area contributed by atoms with Crippen molar-refractivity contribution in [2.75, 3.05) is 47.7 Å². The first-order valence-corrected chi connectivity index (χ1v) is 27.8. The van der Waals surface area contributed by atoms with E-state index in [0.29, 0.717) is 95.1 Å². The Morgan fingerprint density at radius 2 is 0.775 bits per heavy atom. The fraction of sp³-hybridized carbons (Fsp3) is 0.250. The maximum Gasteiger partial charge on any atom is 2.00 e. The molecule has 10 rings (SSSR count). The summed E-state index contributed by atoms with van der Waals surface area (Å²) in [4.78, 5) is 81.7. The monoisotopic (exact) mass is 1230 g/mol. The van der Waals surface area contributed by atoms with Crippen molar-refractivity contribution in [2.24, 2.45) is 10.8 Å². The molecule has 89 heavy (non-hydrogen) atoms. The molecule has 4 amide bonds. The van der Waals surface area contributed by atoms with Crippen molar-refractivity contribution in [1.29, 1.82) is 0 Å². The molecule has 8 aromatic rings. The topological polar surface area (TPSA) is 278 Å². The van der Waals surface area contributed by atoms with Gasteiger partial charge in [0.05, 0.1) is 37.5 Å². The molecule has 0 aliphatic heterocycles. The van der Waals surface area contributed by atoms with E-state index in [1.807, 2.05) is 0 Å². The molecule has 20 nitrogen and oxygen atoms in total. The van der Waals surface area contributed by atoms with Crippen molar-refractivity contribution in [3.05, 3.63) is 157 Å². The third-order valence-electron chi connectivity index (χ3n) is 14.0. The summed E-state index contributed by atoms with van der Waals surface area (Å²) < 4.78 is 91.3. The van der Waals surface area contributed by atoms with Gasteiger partial charge in [-0.2, -0.15) is 0 Å². The van der Waals surface area contributed by atoms with Gasteiger partial charge in [-0.15, -0.1) is 0 Å². The molecular weight excluding hydrogens is 1180 g/mol. The van der Waals surface area contributed by atoms with E-state index in [-0.39, 0.29) is 96.3 Å². The second kappa shape index (κ2) is 29.3. The summed E-state index contributed by atoms with van der Waals surface area (Å²) in [6.45, 7) is 4.50. The average molecular weight is 1230 g/mol. The zero-order valence-electron chi connectivity index (χ0n) is 48.0. The molecule has 2 saturated carbocycles. The Morgan fingerprint density at radius 1 is 0.438 bits per heavy atom. The number of carbonyl (C=O) groups excluding carboxylic acids is 6. The van der Waals surface area contributed by atoms with Crippen molar-refractivity contribution in [2.45, 2.75) is 65.2 Å². The number of carbonyl (C=O) groups is 6. The second-order valence-electron chi connectivity index (χ2n) is 20.3. The molecule has 0 atom stereocenters. The van der Waals surface area contributed by atoms with Gasteiger partial charge in [0.1, 0.15) is 34.0 Å². The van der Waals surface area contributed by atoms with Gasteiger partial charge in [0.15, 0.2) is 46.1 Å². The minimum atomic E-state index is -1.30. The first-order valence-electron chi connectivity index (χ1n) is 27.8. The van der Waals surface area contributed by atoms with Crippen LogP contribution >= 0.6 is 0 Å². The number of halogens is 4. The van der Waals surface area contributed by atoms with E-state index in [1.54, 1.807) is 50.2 Å². The molecule has 25 heteroatoms. The van der Waals surface area contributed by atoms with Gasteiger partial charge in [-0.1, -0.05) is 0 Å². The maximum absolute atomic E-state index is 15.2. The number of carboxylic acids is 2. The van der Waals surface area contributed by atoms with Crippen LogP contribution in [-0.4, -0.2) is 95.0 Å². The number of fused-ring (bicyclic) bond motifs is 2. The van der Waals surface area contributed by atoms with Crippen LogP contribution in [0.1, 0.15) is 65.2 Å². The van der Waals surface area contributed by atoms with Crippen molar-refractivity contribution in [1.82, 2.24) is 9.97 Å². The number of aliphatic carboxylic acids is 2. The molecule has 0 unspecified atom stereocenters. The third kappa shape index (κ3) is 16.5. The van der Waals surface area contributed by atoms with Gasteiger partial charge in [0, 0.05) is 82.1 Å². The van der Waals surface area contributed by atoms with Crippen LogP contribution in [0.25, 0.3) is 21.8 Å². The molecule has 0 spiro atoms. The number of nitrogens with zero attached hydrogens (tertiary/aromatic N) is 2. The second-order valence-corrected chi connectivity index (χ2v) is 20.3. The van der Waals surface area contributed by atoms with E-state index in [1.165, 1.54) is 85.2 Å². The van der Waals surface area contributed by atoms with Crippen molar-refractivity contribution >= 4 is 103 Å². The zero-order chi connectivity index (χ0) is 62.5. The Morgan fingerprint density at radius 3 is 1.10 bits per heavy atom. The first kappa shape index (κ1) is 65.2. The number of ether oxygens (including phenoxy) is 6. The summed E-state index contributed by atoms with van der Waals surface area (Å²) in [5.74, 6) is -5.14. The number of rotatable bonds is 26. The number of aromatic nitrogens is 2. The smallest absolute Gasteiger partial charge is 0.550 e. The molecule has 0 saturated heterocycles.